The van der Waals surface area contributed by atoms with Crippen molar-refractivity contribution in [3.05, 3.63) is 83.7 Å². The zero-order chi connectivity index (χ0) is 24.0. The maximum Gasteiger partial charge on any atom is 0.336 e. The first-order chi connectivity index (χ1) is 15.7. The second-order valence-electron chi connectivity index (χ2n) is 6.84. The molecule has 1 aromatic heterocycles. The molecule has 0 aliphatic carbocycles. The molecular formula is C23H19N3O6S. The molecule has 1 unspecified atom stereocenters. The largest absolute Gasteiger partial charge is 0.478 e. The van der Waals surface area contributed by atoms with E-state index < -0.39 is 28.7 Å². The minimum atomic E-state index is -1.42. The van der Waals surface area contributed by atoms with Gasteiger partial charge >= 0.3 is 11.9 Å². The minimum Gasteiger partial charge on any atom is -0.478 e. The van der Waals surface area contributed by atoms with E-state index >= 15 is 0 Å². The molecule has 2 amide bonds. The van der Waals surface area contributed by atoms with Crippen molar-refractivity contribution in [2.24, 2.45) is 0 Å². The van der Waals surface area contributed by atoms with Crippen molar-refractivity contribution in [2.75, 3.05) is 10.6 Å². The average Bonchev–Trinajstić information content (AvgIpc) is 2.79. The second kappa shape index (κ2) is 10.4. The number of carboxylic acid groups (broad SMARTS) is 2. The Kier molecular flexibility index (Phi) is 7.42. The van der Waals surface area contributed by atoms with Gasteiger partial charge in [0, 0.05) is 28.7 Å². The van der Waals surface area contributed by atoms with Gasteiger partial charge in [0.2, 0.25) is 5.91 Å². The molecule has 9 nitrogen and oxygen atoms in total. The first-order valence-electron chi connectivity index (χ1n) is 9.64. The Bertz CT molecular complexity index is 1220. The molecular weight excluding hydrogens is 446 g/mol. The van der Waals surface area contributed by atoms with Crippen LogP contribution in [-0.4, -0.2) is 44.2 Å². The fourth-order valence-corrected chi connectivity index (χ4v) is 3.76. The van der Waals surface area contributed by atoms with Crippen molar-refractivity contribution < 1.29 is 29.4 Å². The van der Waals surface area contributed by atoms with Gasteiger partial charge in [-0.15, -0.1) is 11.8 Å². The number of aromatic carboxylic acids is 2. The normalized spacial score (nSPS) is 11.3. The first kappa shape index (κ1) is 23.5. The van der Waals surface area contributed by atoms with Crippen molar-refractivity contribution in [1.29, 1.82) is 0 Å². The fourth-order valence-electron chi connectivity index (χ4n) is 2.83. The predicted molar refractivity (Wildman–Crippen MR) is 123 cm³/mol. The molecule has 0 saturated heterocycles. The van der Waals surface area contributed by atoms with Gasteiger partial charge in [-0.2, -0.15) is 0 Å². The summed E-state index contributed by atoms with van der Waals surface area (Å²) in [4.78, 5) is 52.3. The quantitative estimate of drug-likeness (QED) is 0.367. The van der Waals surface area contributed by atoms with Gasteiger partial charge in [-0.25, -0.2) is 9.59 Å². The molecule has 1 atom stereocenters. The summed E-state index contributed by atoms with van der Waals surface area (Å²) in [5.41, 5.74) is 0.202. The summed E-state index contributed by atoms with van der Waals surface area (Å²) in [5, 5.41) is 23.4. The molecule has 4 N–H and O–H groups in total. The molecule has 2 aromatic carbocycles. The summed E-state index contributed by atoms with van der Waals surface area (Å²) in [5.74, 6) is -3.61. The van der Waals surface area contributed by atoms with Crippen LogP contribution in [0.5, 0.6) is 0 Å². The number of aromatic nitrogens is 1. The SMILES string of the molecule is CC(Sc1cccc(NC(=O)c2ccc(C(=O)O)cc2C(=O)O)c1)C(=O)Nc1ccncc1. The van der Waals surface area contributed by atoms with Crippen LogP contribution in [0.2, 0.25) is 0 Å². The Labute approximate surface area is 192 Å². The number of anilines is 2. The molecule has 0 radical (unpaired) electrons. The van der Waals surface area contributed by atoms with E-state index in [1.165, 1.54) is 17.8 Å². The number of carboxylic acids is 2. The zero-order valence-electron chi connectivity index (χ0n) is 17.3. The number of rotatable bonds is 8. The van der Waals surface area contributed by atoms with E-state index in [9.17, 15) is 24.3 Å². The third-order valence-electron chi connectivity index (χ3n) is 4.46. The van der Waals surface area contributed by atoms with E-state index in [4.69, 9.17) is 5.11 Å². The van der Waals surface area contributed by atoms with Gasteiger partial charge in [0.1, 0.15) is 0 Å². The van der Waals surface area contributed by atoms with Crippen molar-refractivity contribution >= 4 is 46.9 Å². The predicted octanol–water partition coefficient (Wildman–Crippen LogP) is 3.85. The van der Waals surface area contributed by atoms with Gasteiger partial charge in [0.05, 0.1) is 21.9 Å². The Morgan fingerprint density at radius 3 is 2.24 bits per heavy atom. The van der Waals surface area contributed by atoms with Crippen LogP contribution in [0.4, 0.5) is 11.4 Å². The monoisotopic (exact) mass is 465 g/mol. The lowest BCUT2D eigenvalue weighted by Gasteiger charge is -2.13. The van der Waals surface area contributed by atoms with E-state index in [0.717, 1.165) is 12.1 Å². The van der Waals surface area contributed by atoms with Gasteiger partial charge in [0.25, 0.3) is 5.91 Å². The second-order valence-corrected chi connectivity index (χ2v) is 8.25. The van der Waals surface area contributed by atoms with Gasteiger partial charge in [-0.1, -0.05) is 6.07 Å². The average molecular weight is 465 g/mol. The highest BCUT2D eigenvalue weighted by molar-refractivity contribution is 8.00. The minimum absolute atomic E-state index is 0.171. The highest BCUT2D eigenvalue weighted by Crippen LogP contribution is 2.27. The van der Waals surface area contributed by atoms with Crippen LogP contribution >= 0.6 is 11.8 Å². The van der Waals surface area contributed by atoms with E-state index in [1.807, 2.05) is 0 Å². The van der Waals surface area contributed by atoms with Gasteiger partial charge in [-0.3, -0.25) is 14.6 Å². The number of carbonyl (C=O) groups excluding carboxylic acids is 2. The van der Waals surface area contributed by atoms with E-state index in [1.54, 1.807) is 55.7 Å². The molecule has 0 bridgehead atoms. The van der Waals surface area contributed by atoms with Crippen molar-refractivity contribution in [3.63, 3.8) is 0 Å². The molecule has 3 rings (SSSR count). The van der Waals surface area contributed by atoms with Crippen LogP contribution < -0.4 is 10.6 Å². The molecule has 0 aliphatic heterocycles. The molecule has 0 spiro atoms. The number of hydrogen-bond donors (Lipinski definition) is 4. The van der Waals surface area contributed by atoms with Crippen molar-refractivity contribution in [1.82, 2.24) is 4.98 Å². The summed E-state index contributed by atoms with van der Waals surface area (Å²) in [6.45, 7) is 1.75. The summed E-state index contributed by atoms with van der Waals surface area (Å²) < 4.78 is 0. The Morgan fingerprint density at radius 2 is 1.58 bits per heavy atom. The van der Waals surface area contributed by atoms with E-state index in [2.05, 4.69) is 15.6 Å². The molecule has 10 heteroatoms. The topological polar surface area (TPSA) is 146 Å². The number of hydrogen-bond acceptors (Lipinski definition) is 6. The molecule has 33 heavy (non-hydrogen) atoms. The van der Waals surface area contributed by atoms with Crippen LogP contribution in [0.25, 0.3) is 0 Å². The third kappa shape index (κ3) is 6.17. The maximum absolute atomic E-state index is 12.7. The van der Waals surface area contributed by atoms with Crippen LogP contribution in [0.1, 0.15) is 38.0 Å². The number of nitrogens with zero attached hydrogens (tertiary/aromatic N) is 1. The lowest BCUT2D eigenvalue weighted by molar-refractivity contribution is -0.115. The lowest BCUT2D eigenvalue weighted by Crippen LogP contribution is -2.22. The van der Waals surface area contributed by atoms with E-state index in [0.29, 0.717) is 16.3 Å². The van der Waals surface area contributed by atoms with Crippen LogP contribution in [0.15, 0.2) is 71.9 Å². The summed E-state index contributed by atoms with van der Waals surface area (Å²) in [7, 11) is 0. The van der Waals surface area contributed by atoms with Crippen LogP contribution in [0, 0.1) is 0 Å². The summed E-state index contributed by atoms with van der Waals surface area (Å²) in [6, 6.07) is 13.4. The van der Waals surface area contributed by atoms with Crippen molar-refractivity contribution in [2.45, 2.75) is 17.1 Å². The number of amides is 2. The number of thioether (sulfide) groups is 1. The van der Waals surface area contributed by atoms with Crippen LogP contribution in [-0.2, 0) is 4.79 Å². The van der Waals surface area contributed by atoms with Gasteiger partial charge in [-0.05, 0) is 55.5 Å². The number of benzene rings is 2. The third-order valence-corrected chi connectivity index (χ3v) is 5.56. The van der Waals surface area contributed by atoms with E-state index in [-0.39, 0.29) is 17.0 Å². The summed E-state index contributed by atoms with van der Waals surface area (Å²) in [6.07, 6.45) is 3.15. The zero-order valence-corrected chi connectivity index (χ0v) is 18.1. The fraction of sp³-hybridized carbons (Fsp3) is 0.0870. The smallest absolute Gasteiger partial charge is 0.336 e. The summed E-state index contributed by atoms with van der Waals surface area (Å²) >= 11 is 1.28. The molecule has 3 aromatic rings. The molecule has 0 saturated carbocycles. The standard InChI is InChI=1S/C23H19N3O6S/c1-13(20(27)25-15-7-9-24-10-8-15)33-17-4-2-3-16(12-17)26-21(28)18-6-5-14(22(29)30)11-19(18)23(31)32/h2-13H,1H3,(H,26,28)(H,29,30)(H,31,32)(H,24,25,27). The van der Waals surface area contributed by atoms with Gasteiger partial charge < -0.3 is 20.8 Å². The molecule has 0 aliphatic rings. The molecule has 1 heterocycles. The van der Waals surface area contributed by atoms with Gasteiger partial charge in [0.15, 0.2) is 0 Å². The Balaban J connectivity index is 1.71. The number of nitrogens with one attached hydrogen (secondary N) is 2. The first-order valence-corrected chi connectivity index (χ1v) is 10.5. The lowest BCUT2D eigenvalue weighted by atomic mass is 10.0. The van der Waals surface area contributed by atoms with Crippen LogP contribution in [0.3, 0.4) is 0 Å². The highest BCUT2D eigenvalue weighted by atomic mass is 32.2. The highest BCUT2D eigenvalue weighted by Gasteiger charge is 2.20. The maximum atomic E-state index is 12.7. The Morgan fingerprint density at radius 1 is 0.848 bits per heavy atom. The number of carbonyl (C=O) groups is 4. The molecule has 0 fully saturated rings. The molecule has 168 valence electrons. The number of pyridine rings is 1. The van der Waals surface area contributed by atoms with Crippen molar-refractivity contribution in [3.8, 4) is 0 Å². The Hall–Kier alpha value is -4.18.